The van der Waals surface area contributed by atoms with Crippen molar-refractivity contribution in [3.05, 3.63) is 65.7 Å². The van der Waals surface area contributed by atoms with Crippen molar-refractivity contribution < 1.29 is 23.6 Å². The van der Waals surface area contributed by atoms with E-state index < -0.39 is 23.7 Å². The van der Waals surface area contributed by atoms with Crippen molar-refractivity contribution >= 4 is 17.8 Å². The Morgan fingerprint density at radius 3 is 2.62 bits per heavy atom. The number of nitrogens with zero attached hydrogens (tertiary/aromatic N) is 2. The Balaban J connectivity index is 1.93. The number of rotatable bonds is 8. The minimum Gasteiger partial charge on any atom is -0.349 e. The van der Waals surface area contributed by atoms with Gasteiger partial charge in [-0.25, -0.2) is 9.18 Å². The Morgan fingerprint density at radius 2 is 1.97 bits per heavy atom. The SMILES string of the molecule is CC[C@@H]1CCCN(OC(=O)C(Cc2ccccc2F)C(NC(C)=O)c2ccncc2)C1=O. The average Bonchev–Trinajstić information content (AvgIpc) is 2.79. The summed E-state index contributed by atoms with van der Waals surface area (Å²) in [4.78, 5) is 47.5. The number of benzene rings is 1. The Kier molecular flexibility index (Phi) is 7.92. The number of carbonyl (C=O) groups excluding carboxylic acids is 3. The summed E-state index contributed by atoms with van der Waals surface area (Å²) >= 11 is 0. The van der Waals surface area contributed by atoms with Crippen LogP contribution in [0.1, 0.15) is 50.3 Å². The minimum atomic E-state index is -0.965. The topological polar surface area (TPSA) is 88.6 Å². The number of piperidine rings is 1. The molecule has 0 aliphatic carbocycles. The fraction of sp³-hybridized carbons (Fsp3) is 0.417. The average molecular weight is 442 g/mol. The third-order valence-corrected chi connectivity index (χ3v) is 5.73. The first-order valence-corrected chi connectivity index (χ1v) is 10.8. The monoisotopic (exact) mass is 441 g/mol. The van der Waals surface area contributed by atoms with E-state index in [-0.39, 0.29) is 24.2 Å². The molecular formula is C24H28FN3O4. The smallest absolute Gasteiger partial charge is 0.338 e. The van der Waals surface area contributed by atoms with Crippen molar-refractivity contribution in [2.45, 2.75) is 45.6 Å². The number of pyridine rings is 1. The molecule has 2 heterocycles. The number of nitrogens with one attached hydrogen (secondary N) is 1. The number of aromatic nitrogens is 1. The molecule has 8 heteroatoms. The van der Waals surface area contributed by atoms with Crippen LogP contribution in [-0.2, 0) is 25.6 Å². The van der Waals surface area contributed by atoms with E-state index in [0.717, 1.165) is 17.9 Å². The van der Waals surface area contributed by atoms with Crippen LogP contribution in [-0.4, -0.2) is 34.4 Å². The summed E-state index contributed by atoms with van der Waals surface area (Å²) in [6, 6.07) is 8.73. The molecule has 1 aromatic carbocycles. The number of amides is 2. The van der Waals surface area contributed by atoms with Crippen LogP contribution in [0.25, 0.3) is 0 Å². The molecule has 2 amide bonds. The van der Waals surface area contributed by atoms with E-state index in [1.807, 2.05) is 6.92 Å². The van der Waals surface area contributed by atoms with Crippen LogP contribution in [0.4, 0.5) is 4.39 Å². The summed E-state index contributed by atoms with van der Waals surface area (Å²) in [5, 5.41) is 3.91. The molecule has 1 aliphatic rings. The Hall–Kier alpha value is -3.29. The van der Waals surface area contributed by atoms with Gasteiger partial charge in [0.25, 0.3) is 5.91 Å². The summed E-state index contributed by atoms with van der Waals surface area (Å²) in [6.07, 6.45) is 5.24. The van der Waals surface area contributed by atoms with Gasteiger partial charge in [-0.15, -0.1) is 0 Å². The van der Waals surface area contributed by atoms with Crippen LogP contribution in [0, 0.1) is 17.7 Å². The molecule has 0 spiro atoms. The van der Waals surface area contributed by atoms with E-state index in [4.69, 9.17) is 4.84 Å². The van der Waals surface area contributed by atoms with Crippen molar-refractivity contribution in [2.75, 3.05) is 6.54 Å². The lowest BCUT2D eigenvalue weighted by Crippen LogP contribution is -2.45. The fourth-order valence-electron chi connectivity index (χ4n) is 4.01. The molecule has 0 saturated carbocycles. The largest absolute Gasteiger partial charge is 0.349 e. The Morgan fingerprint density at radius 1 is 1.25 bits per heavy atom. The van der Waals surface area contributed by atoms with Gasteiger partial charge in [-0.3, -0.25) is 14.6 Å². The number of hydrogen-bond donors (Lipinski definition) is 1. The molecule has 1 fully saturated rings. The lowest BCUT2D eigenvalue weighted by Gasteiger charge is -2.33. The maximum absolute atomic E-state index is 14.4. The summed E-state index contributed by atoms with van der Waals surface area (Å²) in [7, 11) is 0. The number of hydrogen-bond acceptors (Lipinski definition) is 5. The predicted molar refractivity (Wildman–Crippen MR) is 115 cm³/mol. The van der Waals surface area contributed by atoms with Gasteiger partial charge in [0.1, 0.15) is 5.82 Å². The van der Waals surface area contributed by atoms with E-state index in [1.54, 1.807) is 42.7 Å². The van der Waals surface area contributed by atoms with Crippen molar-refractivity contribution in [2.24, 2.45) is 11.8 Å². The van der Waals surface area contributed by atoms with E-state index in [0.29, 0.717) is 24.1 Å². The first-order valence-electron chi connectivity index (χ1n) is 10.8. The standard InChI is InChI=1S/C24H28FN3O4/c1-3-17-8-6-14-28(23(17)30)32-24(31)20(15-19-7-4-5-9-21(19)25)22(27-16(2)29)18-10-12-26-13-11-18/h4-5,7,9-13,17,20,22H,3,6,8,14-15H2,1-2H3,(H,27,29)/t17-,20?,22?/m1/s1. The minimum absolute atomic E-state index is 0.0159. The molecular weight excluding hydrogens is 413 g/mol. The third kappa shape index (κ3) is 5.69. The summed E-state index contributed by atoms with van der Waals surface area (Å²) in [5.74, 6) is -2.88. The van der Waals surface area contributed by atoms with E-state index in [9.17, 15) is 18.8 Å². The van der Waals surface area contributed by atoms with Crippen molar-refractivity contribution in [1.29, 1.82) is 0 Å². The van der Waals surface area contributed by atoms with Crippen LogP contribution >= 0.6 is 0 Å². The predicted octanol–water partition coefficient (Wildman–Crippen LogP) is 3.36. The van der Waals surface area contributed by atoms with Crippen LogP contribution in [0.15, 0.2) is 48.8 Å². The van der Waals surface area contributed by atoms with Gasteiger partial charge in [0.05, 0.1) is 18.5 Å². The van der Waals surface area contributed by atoms with Crippen LogP contribution in [0.2, 0.25) is 0 Å². The molecule has 0 radical (unpaired) electrons. The second-order valence-corrected chi connectivity index (χ2v) is 7.96. The zero-order valence-electron chi connectivity index (χ0n) is 18.3. The molecule has 2 aromatic rings. The van der Waals surface area contributed by atoms with Crippen molar-refractivity contribution in [3.8, 4) is 0 Å². The van der Waals surface area contributed by atoms with E-state index >= 15 is 0 Å². The second-order valence-electron chi connectivity index (χ2n) is 7.96. The molecule has 2 unspecified atom stereocenters. The van der Waals surface area contributed by atoms with Gasteiger partial charge in [-0.05, 0) is 55.0 Å². The molecule has 32 heavy (non-hydrogen) atoms. The molecule has 3 rings (SSSR count). The zero-order valence-corrected chi connectivity index (χ0v) is 18.3. The van der Waals surface area contributed by atoms with Crippen molar-refractivity contribution in [1.82, 2.24) is 15.4 Å². The molecule has 1 saturated heterocycles. The van der Waals surface area contributed by atoms with Crippen LogP contribution in [0.3, 0.4) is 0 Å². The fourth-order valence-corrected chi connectivity index (χ4v) is 4.01. The normalized spacial score (nSPS) is 18.0. The highest BCUT2D eigenvalue weighted by atomic mass is 19.1. The summed E-state index contributed by atoms with van der Waals surface area (Å²) in [6.45, 7) is 3.58. The first kappa shape index (κ1) is 23.4. The first-order chi connectivity index (χ1) is 15.4. The summed E-state index contributed by atoms with van der Waals surface area (Å²) < 4.78 is 14.4. The van der Waals surface area contributed by atoms with E-state index in [2.05, 4.69) is 10.3 Å². The van der Waals surface area contributed by atoms with Gasteiger partial charge >= 0.3 is 5.97 Å². The van der Waals surface area contributed by atoms with Crippen molar-refractivity contribution in [3.63, 3.8) is 0 Å². The van der Waals surface area contributed by atoms with Crippen LogP contribution in [0.5, 0.6) is 0 Å². The van der Waals surface area contributed by atoms with Gasteiger partial charge in [-0.1, -0.05) is 25.1 Å². The second kappa shape index (κ2) is 10.8. The molecule has 170 valence electrons. The van der Waals surface area contributed by atoms with Gasteiger partial charge in [0.2, 0.25) is 5.91 Å². The number of halogens is 1. The maximum atomic E-state index is 14.4. The highest BCUT2D eigenvalue weighted by Crippen LogP contribution is 2.29. The maximum Gasteiger partial charge on any atom is 0.338 e. The van der Waals surface area contributed by atoms with Crippen LogP contribution < -0.4 is 5.32 Å². The van der Waals surface area contributed by atoms with Gasteiger partial charge in [0, 0.05) is 25.2 Å². The third-order valence-electron chi connectivity index (χ3n) is 5.73. The Bertz CT molecular complexity index is 953. The van der Waals surface area contributed by atoms with Gasteiger partial charge in [0.15, 0.2) is 0 Å². The molecule has 7 nitrogen and oxygen atoms in total. The molecule has 0 bridgehead atoms. The zero-order chi connectivity index (χ0) is 23.1. The molecule has 1 N–H and O–H groups in total. The lowest BCUT2D eigenvalue weighted by molar-refractivity contribution is -0.209. The Labute approximate surface area is 186 Å². The lowest BCUT2D eigenvalue weighted by atomic mass is 9.87. The number of hydroxylamine groups is 2. The van der Waals surface area contributed by atoms with Gasteiger partial charge in [-0.2, -0.15) is 5.06 Å². The highest BCUT2D eigenvalue weighted by molar-refractivity contribution is 5.82. The highest BCUT2D eigenvalue weighted by Gasteiger charge is 2.37. The summed E-state index contributed by atoms with van der Waals surface area (Å²) in [5.41, 5.74) is 0.945. The quantitative estimate of drug-likeness (QED) is 0.679. The van der Waals surface area contributed by atoms with Gasteiger partial charge < -0.3 is 10.2 Å². The number of carbonyl (C=O) groups is 3. The van der Waals surface area contributed by atoms with E-state index in [1.165, 1.54) is 13.0 Å². The molecule has 1 aliphatic heterocycles. The molecule has 1 aromatic heterocycles. The molecule has 3 atom stereocenters.